The summed E-state index contributed by atoms with van der Waals surface area (Å²) in [6.07, 6.45) is 2.63. The molecule has 0 aromatic rings. The first kappa shape index (κ1) is 11.5. The summed E-state index contributed by atoms with van der Waals surface area (Å²) in [4.78, 5) is 11.5. The predicted octanol–water partition coefficient (Wildman–Crippen LogP) is 0.583. The molecule has 82 valence electrons. The molecule has 14 heavy (non-hydrogen) atoms. The number of rotatable bonds is 4. The van der Waals surface area contributed by atoms with Crippen molar-refractivity contribution in [3.8, 4) is 0 Å². The molecule has 0 saturated carbocycles. The Morgan fingerprint density at radius 1 is 1.57 bits per heavy atom. The zero-order chi connectivity index (χ0) is 10.6. The first-order valence-corrected chi connectivity index (χ1v) is 5.46. The zero-order valence-electron chi connectivity index (χ0n) is 9.20. The van der Waals surface area contributed by atoms with Gasteiger partial charge in [-0.25, -0.2) is 5.01 Å². The maximum absolute atomic E-state index is 11.5. The summed E-state index contributed by atoms with van der Waals surface area (Å²) in [6, 6.07) is 0.214. The fourth-order valence-electron chi connectivity index (χ4n) is 1.78. The maximum atomic E-state index is 11.5. The van der Waals surface area contributed by atoms with Crippen molar-refractivity contribution in [1.29, 1.82) is 0 Å². The molecule has 0 radical (unpaired) electrons. The van der Waals surface area contributed by atoms with Gasteiger partial charge < -0.3 is 5.73 Å². The van der Waals surface area contributed by atoms with Crippen molar-refractivity contribution in [2.45, 2.75) is 39.2 Å². The Morgan fingerprint density at radius 2 is 2.29 bits per heavy atom. The minimum absolute atomic E-state index is 0.214. The maximum Gasteiger partial charge on any atom is 0.236 e. The highest BCUT2D eigenvalue weighted by atomic mass is 16.2. The molecule has 0 aromatic heterocycles. The molecule has 2 N–H and O–H groups in total. The molecule has 1 fully saturated rings. The van der Waals surface area contributed by atoms with Crippen molar-refractivity contribution in [3.63, 3.8) is 0 Å². The van der Waals surface area contributed by atoms with Crippen molar-refractivity contribution < 1.29 is 4.79 Å². The van der Waals surface area contributed by atoms with Gasteiger partial charge in [-0.05, 0) is 26.7 Å². The summed E-state index contributed by atoms with van der Waals surface area (Å²) in [5.74, 6) is 0.253. The standard InChI is InChI=1S/C10H21N3O/c1-3-13-10(14)5-4-7-12(13)8-6-9(2)11/h9H,3-8,11H2,1-2H3. The number of carbonyl (C=O) groups excluding carboxylic acids is 1. The SMILES string of the molecule is CCN1C(=O)CCCN1CCC(C)N. The van der Waals surface area contributed by atoms with Gasteiger partial charge in [0.2, 0.25) is 5.91 Å². The van der Waals surface area contributed by atoms with Crippen molar-refractivity contribution in [1.82, 2.24) is 10.0 Å². The van der Waals surface area contributed by atoms with Gasteiger partial charge in [0, 0.05) is 32.1 Å². The van der Waals surface area contributed by atoms with Crippen molar-refractivity contribution >= 4 is 5.91 Å². The molecular weight excluding hydrogens is 178 g/mol. The number of hydrazine groups is 1. The lowest BCUT2D eigenvalue weighted by atomic mass is 10.2. The van der Waals surface area contributed by atoms with Gasteiger partial charge in [-0.15, -0.1) is 0 Å². The molecule has 1 rings (SSSR count). The summed E-state index contributed by atoms with van der Waals surface area (Å²) < 4.78 is 0. The number of hydrogen-bond donors (Lipinski definition) is 1. The van der Waals surface area contributed by atoms with Gasteiger partial charge in [0.1, 0.15) is 0 Å². The van der Waals surface area contributed by atoms with Gasteiger partial charge in [0.05, 0.1) is 0 Å². The monoisotopic (exact) mass is 199 g/mol. The fraction of sp³-hybridized carbons (Fsp3) is 0.900. The highest BCUT2D eigenvalue weighted by Gasteiger charge is 2.23. The van der Waals surface area contributed by atoms with E-state index >= 15 is 0 Å². The third-order valence-corrected chi connectivity index (χ3v) is 2.58. The summed E-state index contributed by atoms with van der Waals surface area (Å²) >= 11 is 0. The van der Waals surface area contributed by atoms with Crippen LogP contribution >= 0.6 is 0 Å². The lowest BCUT2D eigenvalue weighted by molar-refractivity contribution is -0.154. The van der Waals surface area contributed by atoms with Crippen LogP contribution < -0.4 is 5.73 Å². The van der Waals surface area contributed by atoms with E-state index in [1.165, 1.54) is 0 Å². The van der Waals surface area contributed by atoms with Gasteiger partial charge in [0.15, 0.2) is 0 Å². The fourth-order valence-corrected chi connectivity index (χ4v) is 1.78. The molecule has 1 heterocycles. The van der Waals surface area contributed by atoms with Crippen molar-refractivity contribution in [2.75, 3.05) is 19.6 Å². The van der Waals surface area contributed by atoms with Crippen LogP contribution in [0.4, 0.5) is 0 Å². The van der Waals surface area contributed by atoms with E-state index in [0.717, 1.165) is 32.5 Å². The summed E-state index contributed by atoms with van der Waals surface area (Å²) in [7, 11) is 0. The lowest BCUT2D eigenvalue weighted by Gasteiger charge is -2.38. The first-order valence-electron chi connectivity index (χ1n) is 5.46. The number of amides is 1. The molecule has 4 nitrogen and oxygen atoms in total. The third kappa shape index (κ3) is 2.96. The minimum atomic E-state index is 0.214. The molecule has 1 aliphatic heterocycles. The van der Waals surface area contributed by atoms with Crippen LogP contribution in [0.1, 0.15) is 33.1 Å². The Morgan fingerprint density at radius 3 is 2.86 bits per heavy atom. The van der Waals surface area contributed by atoms with E-state index in [1.54, 1.807) is 0 Å². The highest BCUT2D eigenvalue weighted by molar-refractivity contribution is 5.76. The second-order valence-corrected chi connectivity index (χ2v) is 3.93. The van der Waals surface area contributed by atoms with Crippen LogP contribution in [0.25, 0.3) is 0 Å². The van der Waals surface area contributed by atoms with Crippen LogP contribution in [0.2, 0.25) is 0 Å². The van der Waals surface area contributed by atoms with Gasteiger partial charge in [-0.2, -0.15) is 0 Å². The molecule has 0 bridgehead atoms. The molecule has 1 atom stereocenters. The average molecular weight is 199 g/mol. The quantitative estimate of drug-likeness (QED) is 0.720. The molecule has 0 aromatic carbocycles. The zero-order valence-corrected chi connectivity index (χ0v) is 9.20. The number of nitrogens with two attached hydrogens (primary N) is 1. The summed E-state index contributed by atoms with van der Waals surface area (Å²) in [5.41, 5.74) is 5.70. The highest BCUT2D eigenvalue weighted by Crippen LogP contribution is 2.12. The van der Waals surface area contributed by atoms with Gasteiger partial charge in [-0.1, -0.05) is 0 Å². The summed E-state index contributed by atoms with van der Waals surface area (Å²) in [5, 5.41) is 3.99. The predicted molar refractivity (Wildman–Crippen MR) is 56.5 cm³/mol. The van der Waals surface area contributed by atoms with E-state index in [-0.39, 0.29) is 11.9 Å². The summed E-state index contributed by atoms with van der Waals surface area (Å²) in [6.45, 7) is 6.69. The van der Waals surface area contributed by atoms with Crippen LogP contribution in [0.5, 0.6) is 0 Å². The Bertz CT molecular complexity index is 194. The lowest BCUT2D eigenvalue weighted by Crippen LogP contribution is -2.51. The normalized spacial score (nSPS) is 21.4. The van der Waals surface area contributed by atoms with E-state index in [9.17, 15) is 4.79 Å². The molecule has 4 heteroatoms. The van der Waals surface area contributed by atoms with E-state index in [0.29, 0.717) is 6.42 Å². The van der Waals surface area contributed by atoms with E-state index in [1.807, 2.05) is 18.9 Å². The molecular formula is C10H21N3O. The van der Waals surface area contributed by atoms with E-state index < -0.39 is 0 Å². The Kier molecular flexibility index (Phi) is 4.35. The van der Waals surface area contributed by atoms with Gasteiger partial charge in [0.25, 0.3) is 0 Å². The van der Waals surface area contributed by atoms with E-state index in [2.05, 4.69) is 5.01 Å². The van der Waals surface area contributed by atoms with Crippen LogP contribution in [-0.4, -0.2) is 41.6 Å². The molecule has 1 saturated heterocycles. The third-order valence-electron chi connectivity index (χ3n) is 2.58. The topological polar surface area (TPSA) is 49.6 Å². The molecule has 1 amide bonds. The van der Waals surface area contributed by atoms with Crippen LogP contribution in [0.15, 0.2) is 0 Å². The second-order valence-electron chi connectivity index (χ2n) is 3.93. The smallest absolute Gasteiger partial charge is 0.236 e. The molecule has 1 aliphatic rings. The number of hydrogen-bond acceptors (Lipinski definition) is 3. The molecule has 1 unspecified atom stereocenters. The molecule has 0 aliphatic carbocycles. The Labute approximate surface area is 86.0 Å². The van der Waals surface area contributed by atoms with Crippen LogP contribution in [0.3, 0.4) is 0 Å². The average Bonchev–Trinajstić information content (AvgIpc) is 2.14. The second kappa shape index (κ2) is 5.32. The Hall–Kier alpha value is -0.610. The van der Waals surface area contributed by atoms with E-state index in [4.69, 9.17) is 5.73 Å². The Balaban J connectivity index is 2.44. The van der Waals surface area contributed by atoms with Gasteiger partial charge in [-0.3, -0.25) is 9.80 Å². The van der Waals surface area contributed by atoms with Crippen LogP contribution in [-0.2, 0) is 4.79 Å². The van der Waals surface area contributed by atoms with Crippen LogP contribution in [0, 0.1) is 0 Å². The number of nitrogens with zero attached hydrogens (tertiary/aromatic N) is 2. The van der Waals surface area contributed by atoms with Crippen molar-refractivity contribution in [3.05, 3.63) is 0 Å². The van der Waals surface area contributed by atoms with Crippen molar-refractivity contribution in [2.24, 2.45) is 5.73 Å². The minimum Gasteiger partial charge on any atom is -0.328 e. The largest absolute Gasteiger partial charge is 0.328 e. The van der Waals surface area contributed by atoms with Gasteiger partial charge >= 0.3 is 0 Å². The number of carbonyl (C=O) groups is 1. The first-order chi connectivity index (χ1) is 6.65. The molecule has 0 spiro atoms.